The van der Waals surface area contributed by atoms with Gasteiger partial charge in [-0.15, -0.1) is 0 Å². The SMILES string of the molecule is Cc1cc(C)c(OCC(=O)NNC(=O)C(C)Oc2ccc(C#N)cc2)c(C)c1. The highest BCUT2D eigenvalue weighted by atomic mass is 16.5. The van der Waals surface area contributed by atoms with Crippen molar-refractivity contribution >= 4 is 11.8 Å². The molecule has 2 aromatic rings. The molecule has 2 amide bonds. The Morgan fingerprint density at radius 3 is 2.25 bits per heavy atom. The normalized spacial score (nSPS) is 11.1. The van der Waals surface area contributed by atoms with Crippen molar-refractivity contribution in [1.29, 1.82) is 5.26 Å². The van der Waals surface area contributed by atoms with E-state index in [1.807, 2.05) is 39.0 Å². The van der Waals surface area contributed by atoms with E-state index in [1.165, 1.54) is 0 Å². The number of nitrogens with one attached hydrogen (secondary N) is 2. The number of carbonyl (C=O) groups is 2. The third-order valence-electron chi connectivity index (χ3n) is 3.94. The Kier molecular flexibility index (Phi) is 6.99. The molecule has 0 fully saturated rings. The maximum absolute atomic E-state index is 12.1. The van der Waals surface area contributed by atoms with Crippen LogP contribution in [0.15, 0.2) is 36.4 Å². The predicted octanol–water partition coefficient (Wildman–Crippen LogP) is 2.48. The van der Waals surface area contributed by atoms with E-state index < -0.39 is 17.9 Å². The number of ether oxygens (including phenoxy) is 2. The third-order valence-corrected chi connectivity index (χ3v) is 3.94. The van der Waals surface area contributed by atoms with Crippen LogP contribution in [-0.4, -0.2) is 24.5 Å². The molecule has 0 aromatic heterocycles. The quantitative estimate of drug-likeness (QED) is 0.749. The number of hydrogen-bond acceptors (Lipinski definition) is 5. The monoisotopic (exact) mass is 381 g/mol. The zero-order chi connectivity index (χ0) is 20.7. The first-order valence-electron chi connectivity index (χ1n) is 8.76. The van der Waals surface area contributed by atoms with Gasteiger partial charge in [-0.2, -0.15) is 5.26 Å². The van der Waals surface area contributed by atoms with Gasteiger partial charge in [0, 0.05) is 0 Å². The lowest BCUT2D eigenvalue weighted by molar-refractivity contribution is -0.133. The third kappa shape index (κ3) is 5.74. The molecule has 0 saturated carbocycles. The van der Waals surface area contributed by atoms with E-state index in [-0.39, 0.29) is 6.61 Å². The van der Waals surface area contributed by atoms with Crippen LogP contribution in [-0.2, 0) is 9.59 Å². The maximum Gasteiger partial charge on any atom is 0.279 e. The molecule has 0 aliphatic rings. The molecular weight excluding hydrogens is 358 g/mol. The average molecular weight is 381 g/mol. The van der Waals surface area contributed by atoms with Crippen molar-refractivity contribution in [3.63, 3.8) is 0 Å². The van der Waals surface area contributed by atoms with Crippen LogP contribution in [0.1, 0.15) is 29.2 Å². The number of carbonyl (C=O) groups excluding carboxylic acids is 2. The molecule has 0 aliphatic heterocycles. The molecule has 28 heavy (non-hydrogen) atoms. The Morgan fingerprint density at radius 2 is 1.68 bits per heavy atom. The molecular formula is C21H23N3O4. The maximum atomic E-state index is 12.1. The fraction of sp³-hybridized carbons (Fsp3) is 0.286. The van der Waals surface area contributed by atoms with Crippen molar-refractivity contribution < 1.29 is 19.1 Å². The summed E-state index contributed by atoms with van der Waals surface area (Å²) < 4.78 is 11.0. The minimum absolute atomic E-state index is 0.226. The number of benzene rings is 2. The Balaban J connectivity index is 1.80. The fourth-order valence-electron chi connectivity index (χ4n) is 2.67. The van der Waals surface area contributed by atoms with Gasteiger partial charge in [0.05, 0.1) is 11.6 Å². The van der Waals surface area contributed by atoms with Gasteiger partial charge in [-0.25, -0.2) is 0 Å². The lowest BCUT2D eigenvalue weighted by atomic mass is 10.1. The van der Waals surface area contributed by atoms with Gasteiger partial charge in [0.25, 0.3) is 11.8 Å². The van der Waals surface area contributed by atoms with Crippen molar-refractivity contribution in [2.24, 2.45) is 0 Å². The van der Waals surface area contributed by atoms with Gasteiger partial charge in [0.2, 0.25) is 0 Å². The van der Waals surface area contributed by atoms with Crippen LogP contribution in [0.3, 0.4) is 0 Å². The second kappa shape index (κ2) is 9.42. The number of nitriles is 1. The van der Waals surface area contributed by atoms with Gasteiger partial charge in [-0.1, -0.05) is 17.7 Å². The molecule has 7 nitrogen and oxygen atoms in total. The minimum Gasteiger partial charge on any atom is -0.483 e. The highest BCUT2D eigenvalue weighted by Crippen LogP contribution is 2.24. The molecule has 0 bridgehead atoms. The van der Waals surface area contributed by atoms with Crippen LogP contribution in [0, 0.1) is 32.1 Å². The van der Waals surface area contributed by atoms with Gasteiger partial charge >= 0.3 is 0 Å². The fourth-order valence-corrected chi connectivity index (χ4v) is 2.67. The van der Waals surface area contributed by atoms with Crippen LogP contribution in [0.5, 0.6) is 11.5 Å². The van der Waals surface area contributed by atoms with E-state index >= 15 is 0 Å². The molecule has 146 valence electrons. The van der Waals surface area contributed by atoms with Crippen molar-refractivity contribution in [1.82, 2.24) is 10.9 Å². The van der Waals surface area contributed by atoms with Crippen LogP contribution >= 0.6 is 0 Å². The lowest BCUT2D eigenvalue weighted by Gasteiger charge is -2.16. The van der Waals surface area contributed by atoms with Gasteiger partial charge in [0.1, 0.15) is 11.5 Å². The molecule has 2 rings (SSSR count). The minimum atomic E-state index is -0.837. The topological polar surface area (TPSA) is 100 Å². The molecule has 0 saturated heterocycles. The van der Waals surface area contributed by atoms with E-state index in [0.29, 0.717) is 17.1 Å². The molecule has 1 atom stereocenters. The first-order valence-corrected chi connectivity index (χ1v) is 8.76. The number of rotatable bonds is 6. The van der Waals surface area contributed by atoms with Gasteiger partial charge < -0.3 is 9.47 Å². The second-order valence-electron chi connectivity index (χ2n) is 6.45. The number of hydrogen-bond donors (Lipinski definition) is 2. The van der Waals surface area contributed by atoms with E-state index in [9.17, 15) is 9.59 Å². The molecule has 2 aromatic carbocycles. The summed E-state index contributed by atoms with van der Waals surface area (Å²) in [6.45, 7) is 7.15. The Bertz CT molecular complexity index is 878. The molecule has 7 heteroatoms. The second-order valence-corrected chi connectivity index (χ2v) is 6.45. The van der Waals surface area contributed by atoms with E-state index in [2.05, 4.69) is 10.9 Å². The molecule has 0 heterocycles. The van der Waals surface area contributed by atoms with E-state index in [0.717, 1.165) is 16.7 Å². The summed E-state index contributed by atoms with van der Waals surface area (Å²) in [5.74, 6) is 0.102. The zero-order valence-electron chi connectivity index (χ0n) is 16.3. The number of amides is 2. The van der Waals surface area contributed by atoms with Crippen LogP contribution in [0.2, 0.25) is 0 Å². The summed E-state index contributed by atoms with van der Waals surface area (Å²) in [5.41, 5.74) is 8.11. The highest BCUT2D eigenvalue weighted by molar-refractivity contribution is 5.85. The Morgan fingerprint density at radius 1 is 1.07 bits per heavy atom. The predicted molar refractivity (Wildman–Crippen MR) is 104 cm³/mol. The number of nitrogens with zero attached hydrogens (tertiary/aromatic N) is 1. The van der Waals surface area contributed by atoms with E-state index in [1.54, 1.807) is 31.2 Å². The average Bonchev–Trinajstić information content (AvgIpc) is 2.65. The Hall–Kier alpha value is -3.53. The molecule has 0 aliphatic carbocycles. The molecule has 0 spiro atoms. The summed E-state index contributed by atoms with van der Waals surface area (Å²) >= 11 is 0. The summed E-state index contributed by atoms with van der Waals surface area (Å²) in [7, 11) is 0. The summed E-state index contributed by atoms with van der Waals surface area (Å²) in [6.07, 6.45) is -0.837. The van der Waals surface area contributed by atoms with Crippen molar-refractivity contribution in [3.8, 4) is 17.6 Å². The molecule has 2 N–H and O–H groups in total. The van der Waals surface area contributed by atoms with Crippen LogP contribution in [0.25, 0.3) is 0 Å². The zero-order valence-corrected chi connectivity index (χ0v) is 16.3. The lowest BCUT2D eigenvalue weighted by Crippen LogP contribution is -2.48. The van der Waals surface area contributed by atoms with Gasteiger partial charge in [-0.05, 0) is 63.1 Å². The van der Waals surface area contributed by atoms with Gasteiger partial charge in [0.15, 0.2) is 12.7 Å². The van der Waals surface area contributed by atoms with Gasteiger partial charge in [-0.3, -0.25) is 20.4 Å². The number of aryl methyl sites for hydroxylation is 3. The Labute approximate surface area is 164 Å². The standard InChI is InChI=1S/C21H23N3O4/c1-13-9-14(2)20(15(3)10-13)27-12-19(25)23-24-21(26)16(4)28-18-7-5-17(11-22)6-8-18/h5-10,16H,12H2,1-4H3,(H,23,25)(H,24,26). The first kappa shape index (κ1) is 20.8. The first-order chi connectivity index (χ1) is 13.3. The largest absolute Gasteiger partial charge is 0.483 e. The molecule has 1 unspecified atom stereocenters. The molecule has 0 radical (unpaired) electrons. The summed E-state index contributed by atoms with van der Waals surface area (Å²) in [6, 6.07) is 12.3. The van der Waals surface area contributed by atoms with E-state index in [4.69, 9.17) is 14.7 Å². The van der Waals surface area contributed by atoms with Crippen molar-refractivity contribution in [2.45, 2.75) is 33.8 Å². The summed E-state index contributed by atoms with van der Waals surface area (Å²) in [5, 5.41) is 8.77. The van der Waals surface area contributed by atoms with Crippen LogP contribution < -0.4 is 20.3 Å². The van der Waals surface area contributed by atoms with Crippen LogP contribution in [0.4, 0.5) is 0 Å². The van der Waals surface area contributed by atoms with Crippen molar-refractivity contribution in [3.05, 3.63) is 58.7 Å². The highest BCUT2D eigenvalue weighted by Gasteiger charge is 2.16. The van der Waals surface area contributed by atoms with Crippen molar-refractivity contribution in [2.75, 3.05) is 6.61 Å². The number of hydrazine groups is 1. The smallest absolute Gasteiger partial charge is 0.279 e. The summed E-state index contributed by atoms with van der Waals surface area (Å²) in [4.78, 5) is 24.0.